The number of rotatable bonds is 2. The molecular weight excluding hydrogens is 324 g/mol. The van der Waals surface area contributed by atoms with E-state index in [0.717, 1.165) is 35.2 Å². The number of hydrogen-bond donors (Lipinski definition) is 0. The van der Waals surface area contributed by atoms with Gasteiger partial charge in [-0.05, 0) is 39.0 Å². The van der Waals surface area contributed by atoms with Gasteiger partial charge in [-0.25, -0.2) is 9.97 Å². The van der Waals surface area contributed by atoms with E-state index in [2.05, 4.69) is 14.9 Å². The summed E-state index contributed by atoms with van der Waals surface area (Å²) in [5.74, 6) is 0.725. The Hall–Kier alpha value is -2.14. The summed E-state index contributed by atoms with van der Waals surface area (Å²) < 4.78 is 0. The second-order valence-corrected chi connectivity index (χ2v) is 6.51. The quantitative estimate of drug-likeness (QED) is 0.840. The van der Waals surface area contributed by atoms with E-state index in [1.165, 1.54) is 0 Å². The number of hydrogen-bond acceptors (Lipinski definition) is 4. The van der Waals surface area contributed by atoms with Crippen LogP contribution in [0.25, 0.3) is 0 Å². The summed E-state index contributed by atoms with van der Waals surface area (Å²) in [6.07, 6.45) is 0. The number of nitrogens with zero attached hydrogens (tertiary/aromatic N) is 4. The molecule has 1 amide bonds. The molecule has 1 aliphatic rings. The molecule has 2 heterocycles. The maximum atomic E-state index is 12.9. The van der Waals surface area contributed by atoms with E-state index in [4.69, 9.17) is 11.6 Å². The number of amides is 1. The predicted octanol–water partition coefficient (Wildman–Crippen LogP) is 3.02. The van der Waals surface area contributed by atoms with Gasteiger partial charge < -0.3 is 9.80 Å². The fourth-order valence-corrected chi connectivity index (χ4v) is 3.38. The number of aromatic nitrogens is 2. The summed E-state index contributed by atoms with van der Waals surface area (Å²) in [5, 5.41) is 0.731. The minimum absolute atomic E-state index is 0.0238. The SMILES string of the molecule is Cc1nc(C)c(C(=O)N2CCN(c3cccc(Cl)c3)CC2)c(C)n1. The van der Waals surface area contributed by atoms with Crippen LogP contribution in [0.4, 0.5) is 5.69 Å². The van der Waals surface area contributed by atoms with Crippen molar-refractivity contribution in [2.75, 3.05) is 31.1 Å². The maximum absolute atomic E-state index is 12.9. The molecule has 0 aliphatic carbocycles. The summed E-state index contributed by atoms with van der Waals surface area (Å²) >= 11 is 6.07. The Kier molecular flexibility index (Phi) is 4.71. The monoisotopic (exact) mass is 344 g/mol. The van der Waals surface area contributed by atoms with Gasteiger partial charge in [0.25, 0.3) is 5.91 Å². The van der Waals surface area contributed by atoms with Crippen LogP contribution in [0, 0.1) is 20.8 Å². The number of piperazine rings is 1. The lowest BCUT2D eigenvalue weighted by Gasteiger charge is -2.36. The Morgan fingerprint density at radius 3 is 2.25 bits per heavy atom. The van der Waals surface area contributed by atoms with Crippen molar-refractivity contribution in [2.45, 2.75) is 20.8 Å². The lowest BCUT2D eigenvalue weighted by Crippen LogP contribution is -2.49. The molecule has 1 saturated heterocycles. The molecule has 2 aromatic rings. The number of carbonyl (C=O) groups is 1. The van der Waals surface area contributed by atoms with Crippen molar-refractivity contribution in [2.24, 2.45) is 0 Å². The number of anilines is 1. The summed E-state index contributed by atoms with van der Waals surface area (Å²) in [6, 6.07) is 7.83. The van der Waals surface area contributed by atoms with E-state index in [9.17, 15) is 4.79 Å². The Balaban J connectivity index is 1.72. The van der Waals surface area contributed by atoms with Crippen molar-refractivity contribution in [1.29, 1.82) is 0 Å². The van der Waals surface area contributed by atoms with Gasteiger partial charge in [-0.1, -0.05) is 17.7 Å². The van der Waals surface area contributed by atoms with Gasteiger partial charge in [0.05, 0.1) is 17.0 Å². The van der Waals surface area contributed by atoms with Crippen molar-refractivity contribution in [3.63, 3.8) is 0 Å². The molecule has 0 bridgehead atoms. The molecule has 0 radical (unpaired) electrons. The standard InChI is InChI=1S/C18H21ClN4O/c1-12-17(13(2)21-14(3)20-12)18(24)23-9-7-22(8-10-23)16-6-4-5-15(19)11-16/h4-6,11H,7-10H2,1-3H3. The minimum atomic E-state index is 0.0238. The van der Waals surface area contributed by atoms with Crippen LogP contribution < -0.4 is 4.90 Å². The molecule has 1 aromatic heterocycles. The zero-order valence-electron chi connectivity index (χ0n) is 14.2. The lowest BCUT2D eigenvalue weighted by atomic mass is 10.1. The van der Waals surface area contributed by atoms with Gasteiger partial charge in [0.15, 0.2) is 0 Å². The summed E-state index contributed by atoms with van der Waals surface area (Å²) in [7, 11) is 0. The normalized spacial score (nSPS) is 14.8. The summed E-state index contributed by atoms with van der Waals surface area (Å²) in [5.41, 5.74) is 3.24. The van der Waals surface area contributed by atoms with E-state index >= 15 is 0 Å². The van der Waals surface area contributed by atoms with Crippen LogP contribution in [0.15, 0.2) is 24.3 Å². The van der Waals surface area contributed by atoms with E-state index in [1.54, 1.807) is 0 Å². The third-order valence-corrected chi connectivity index (χ3v) is 4.57. The molecule has 0 N–H and O–H groups in total. The third kappa shape index (κ3) is 3.36. The highest BCUT2D eigenvalue weighted by Crippen LogP contribution is 2.22. The second-order valence-electron chi connectivity index (χ2n) is 6.08. The first-order chi connectivity index (χ1) is 11.5. The van der Waals surface area contributed by atoms with Crippen LogP contribution in [0.5, 0.6) is 0 Å². The highest BCUT2D eigenvalue weighted by atomic mass is 35.5. The summed E-state index contributed by atoms with van der Waals surface area (Å²) in [4.78, 5) is 25.7. The van der Waals surface area contributed by atoms with Crippen LogP contribution in [-0.2, 0) is 0 Å². The van der Waals surface area contributed by atoms with Gasteiger partial charge in [-0.3, -0.25) is 4.79 Å². The average Bonchev–Trinajstić information content (AvgIpc) is 2.54. The third-order valence-electron chi connectivity index (χ3n) is 4.34. The largest absolute Gasteiger partial charge is 0.368 e. The predicted molar refractivity (Wildman–Crippen MR) is 95.8 cm³/mol. The first kappa shape index (κ1) is 16.7. The highest BCUT2D eigenvalue weighted by Gasteiger charge is 2.25. The molecular formula is C18H21ClN4O. The Morgan fingerprint density at radius 2 is 1.67 bits per heavy atom. The first-order valence-electron chi connectivity index (χ1n) is 8.07. The average molecular weight is 345 g/mol. The number of halogens is 1. The van der Waals surface area contributed by atoms with Crippen molar-refractivity contribution in [3.8, 4) is 0 Å². The lowest BCUT2D eigenvalue weighted by molar-refractivity contribution is 0.0744. The van der Waals surface area contributed by atoms with Gasteiger partial charge in [0.2, 0.25) is 0 Å². The van der Waals surface area contributed by atoms with Gasteiger partial charge in [0.1, 0.15) is 5.82 Å². The van der Waals surface area contributed by atoms with Crippen molar-refractivity contribution >= 4 is 23.2 Å². The van der Waals surface area contributed by atoms with Crippen LogP contribution in [0.2, 0.25) is 5.02 Å². The molecule has 5 nitrogen and oxygen atoms in total. The molecule has 6 heteroatoms. The first-order valence-corrected chi connectivity index (χ1v) is 8.45. The number of aryl methyl sites for hydroxylation is 3. The van der Waals surface area contributed by atoms with Gasteiger partial charge in [0, 0.05) is 36.9 Å². The molecule has 1 fully saturated rings. The molecule has 0 atom stereocenters. The molecule has 0 unspecified atom stereocenters. The molecule has 0 saturated carbocycles. The van der Waals surface area contributed by atoms with Crippen LogP contribution in [0.3, 0.4) is 0 Å². The Morgan fingerprint density at radius 1 is 1.04 bits per heavy atom. The van der Waals surface area contributed by atoms with Crippen molar-refractivity contribution in [3.05, 3.63) is 52.1 Å². The Bertz CT molecular complexity index is 746. The van der Waals surface area contributed by atoms with Gasteiger partial charge in [-0.15, -0.1) is 0 Å². The zero-order chi connectivity index (χ0) is 17.3. The zero-order valence-corrected chi connectivity index (χ0v) is 15.0. The molecule has 0 spiro atoms. The van der Waals surface area contributed by atoms with E-state index in [0.29, 0.717) is 24.5 Å². The van der Waals surface area contributed by atoms with Crippen LogP contribution in [0.1, 0.15) is 27.6 Å². The maximum Gasteiger partial charge on any atom is 0.257 e. The molecule has 126 valence electrons. The van der Waals surface area contributed by atoms with Crippen molar-refractivity contribution < 1.29 is 4.79 Å². The van der Waals surface area contributed by atoms with Gasteiger partial charge >= 0.3 is 0 Å². The molecule has 24 heavy (non-hydrogen) atoms. The van der Waals surface area contributed by atoms with E-state index < -0.39 is 0 Å². The molecule has 1 aromatic carbocycles. The Labute approximate surface area is 147 Å². The van der Waals surface area contributed by atoms with E-state index in [1.807, 2.05) is 49.9 Å². The number of benzene rings is 1. The smallest absolute Gasteiger partial charge is 0.257 e. The highest BCUT2D eigenvalue weighted by molar-refractivity contribution is 6.30. The van der Waals surface area contributed by atoms with Crippen LogP contribution in [-0.4, -0.2) is 47.0 Å². The van der Waals surface area contributed by atoms with E-state index in [-0.39, 0.29) is 5.91 Å². The molecule has 3 rings (SSSR count). The number of carbonyl (C=O) groups excluding carboxylic acids is 1. The van der Waals surface area contributed by atoms with Crippen molar-refractivity contribution in [1.82, 2.24) is 14.9 Å². The molecule has 1 aliphatic heterocycles. The minimum Gasteiger partial charge on any atom is -0.368 e. The fourth-order valence-electron chi connectivity index (χ4n) is 3.19. The second kappa shape index (κ2) is 6.77. The topological polar surface area (TPSA) is 49.3 Å². The van der Waals surface area contributed by atoms with Crippen LogP contribution >= 0.6 is 11.6 Å². The fraction of sp³-hybridized carbons (Fsp3) is 0.389. The summed E-state index contributed by atoms with van der Waals surface area (Å²) in [6.45, 7) is 8.52. The van der Waals surface area contributed by atoms with Gasteiger partial charge in [-0.2, -0.15) is 0 Å².